The van der Waals surface area contributed by atoms with Crippen molar-refractivity contribution >= 4 is 28.4 Å². The Morgan fingerprint density at radius 1 is 1.03 bits per heavy atom. The van der Waals surface area contributed by atoms with Gasteiger partial charge in [-0.1, -0.05) is 12.1 Å². The van der Waals surface area contributed by atoms with E-state index < -0.39 is 0 Å². The van der Waals surface area contributed by atoms with Crippen molar-refractivity contribution in [2.75, 3.05) is 50.1 Å². The van der Waals surface area contributed by atoms with Crippen LogP contribution in [0.2, 0.25) is 0 Å². The maximum atomic E-state index is 13.1. The number of hydrogen-bond donors (Lipinski definition) is 0. The highest BCUT2D eigenvalue weighted by atomic mass is 19.1. The van der Waals surface area contributed by atoms with Crippen molar-refractivity contribution in [1.82, 2.24) is 14.5 Å². The maximum Gasteiger partial charge on any atom is 0.293 e. The van der Waals surface area contributed by atoms with E-state index in [2.05, 4.69) is 9.88 Å². The van der Waals surface area contributed by atoms with E-state index in [-0.39, 0.29) is 23.7 Å². The third kappa shape index (κ3) is 4.38. The van der Waals surface area contributed by atoms with E-state index in [4.69, 9.17) is 0 Å². The molecule has 0 saturated carbocycles. The van der Waals surface area contributed by atoms with Gasteiger partial charge in [-0.3, -0.25) is 9.59 Å². The molecular formula is C23H26FN5O2. The van der Waals surface area contributed by atoms with E-state index in [1.807, 2.05) is 29.2 Å². The number of amides is 1. The zero-order chi connectivity index (χ0) is 22.0. The lowest BCUT2D eigenvalue weighted by Crippen LogP contribution is -2.49. The van der Waals surface area contributed by atoms with Gasteiger partial charge in [0.25, 0.3) is 5.56 Å². The van der Waals surface area contributed by atoms with Crippen LogP contribution in [-0.4, -0.2) is 60.6 Å². The van der Waals surface area contributed by atoms with Crippen LogP contribution in [-0.2, 0) is 11.3 Å². The first-order valence-electron chi connectivity index (χ1n) is 10.4. The van der Waals surface area contributed by atoms with Gasteiger partial charge >= 0.3 is 0 Å². The summed E-state index contributed by atoms with van der Waals surface area (Å²) >= 11 is 0. The number of nitrogens with zero attached hydrogens (tertiary/aromatic N) is 5. The molecule has 162 valence electrons. The smallest absolute Gasteiger partial charge is 0.293 e. The van der Waals surface area contributed by atoms with E-state index in [9.17, 15) is 14.0 Å². The second kappa shape index (κ2) is 8.75. The van der Waals surface area contributed by atoms with E-state index in [1.54, 1.807) is 35.7 Å². The number of anilines is 2. The molecule has 0 bridgehead atoms. The van der Waals surface area contributed by atoms with Crippen LogP contribution in [0.1, 0.15) is 6.42 Å². The molecule has 1 aromatic heterocycles. The Bertz CT molecular complexity index is 1130. The van der Waals surface area contributed by atoms with E-state index in [1.165, 1.54) is 12.1 Å². The lowest BCUT2D eigenvalue weighted by molar-refractivity contribution is -0.131. The Balaban J connectivity index is 1.44. The summed E-state index contributed by atoms with van der Waals surface area (Å²) in [6, 6.07) is 13.9. The van der Waals surface area contributed by atoms with Crippen molar-refractivity contribution in [3.63, 3.8) is 0 Å². The predicted molar refractivity (Wildman–Crippen MR) is 120 cm³/mol. The molecule has 0 spiro atoms. The van der Waals surface area contributed by atoms with Crippen molar-refractivity contribution in [2.45, 2.75) is 13.0 Å². The number of rotatable bonds is 5. The van der Waals surface area contributed by atoms with E-state index >= 15 is 0 Å². The van der Waals surface area contributed by atoms with Crippen LogP contribution < -0.4 is 15.4 Å². The monoisotopic (exact) mass is 423 g/mol. The average Bonchev–Trinajstić information content (AvgIpc) is 2.78. The van der Waals surface area contributed by atoms with Gasteiger partial charge in [0, 0.05) is 58.9 Å². The minimum absolute atomic E-state index is 0.0259. The van der Waals surface area contributed by atoms with Crippen LogP contribution in [0, 0.1) is 5.82 Å². The molecule has 31 heavy (non-hydrogen) atoms. The molecule has 0 radical (unpaired) electrons. The number of halogens is 1. The van der Waals surface area contributed by atoms with Crippen LogP contribution >= 0.6 is 0 Å². The van der Waals surface area contributed by atoms with Crippen molar-refractivity contribution < 1.29 is 9.18 Å². The molecule has 1 amide bonds. The van der Waals surface area contributed by atoms with Crippen molar-refractivity contribution in [1.29, 1.82) is 0 Å². The molecule has 1 aliphatic heterocycles. The summed E-state index contributed by atoms with van der Waals surface area (Å²) < 4.78 is 14.8. The number of carbonyl (C=O) groups excluding carboxylic acids is 1. The predicted octanol–water partition coefficient (Wildman–Crippen LogP) is 2.34. The number of hydrogen-bond acceptors (Lipinski definition) is 5. The SMILES string of the molecule is CN(C)c1nc2ccccc2n(CCC(=O)N2CCN(c3ccc(F)cc3)CC2)c1=O. The number of aromatic nitrogens is 2. The number of aryl methyl sites for hydroxylation is 1. The first-order valence-corrected chi connectivity index (χ1v) is 10.4. The van der Waals surface area contributed by atoms with Gasteiger partial charge in [-0.15, -0.1) is 0 Å². The molecule has 0 N–H and O–H groups in total. The highest BCUT2D eigenvalue weighted by Crippen LogP contribution is 2.18. The van der Waals surface area contributed by atoms with Gasteiger partial charge < -0.3 is 19.3 Å². The fourth-order valence-electron chi connectivity index (χ4n) is 3.92. The zero-order valence-electron chi connectivity index (χ0n) is 17.8. The Kier molecular flexibility index (Phi) is 5.88. The van der Waals surface area contributed by atoms with Gasteiger partial charge in [0.2, 0.25) is 5.91 Å². The third-order valence-electron chi connectivity index (χ3n) is 5.63. The minimum atomic E-state index is -0.256. The van der Waals surface area contributed by atoms with Gasteiger partial charge in [-0.2, -0.15) is 0 Å². The van der Waals surface area contributed by atoms with Gasteiger partial charge in [0.15, 0.2) is 5.82 Å². The maximum absolute atomic E-state index is 13.1. The molecule has 2 aromatic carbocycles. The molecule has 2 heterocycles. The van der Waals surface area contributed by atoms with Gasteiger partial charge in [-0.25, -0.2) is 9.37 Å². The van der Waals surface area contributed by atoms with Crippen molar-refractivity contribution in [2.24, 2.45) is 0 Å². The van der Waals surface area contributed by atoms with Gasteiger partial charge in [-0.05, 0) is 36.4 Å². The molecule has 0 atom stereocenters. The normalized spacial score (nSPS) is 14.2. The van der Waals surface area contributed by atoms with Gasteiger partial charge in [0.05, 0.1) is 11.0 Å². The highest BCUT2D eigenvalue weighted by Gasteiger charge is 2.22. The van der Waals surface area contributed by atoms with E-state index in [0.717, 1.165) is 16.7 Å². The molecule has 4 rings (SSSR count). The molecule has 8 heteroatoms. The number of carbonyl (C=O) groups is 1. The summed E-state index contributed by atoms with van der Waals surface area (Å²) in [6.07, 6.45) is 0.247. The number of para-hydroxylation sites is 2. The average molecular weight is 423 g/mol. The van der Waals surface area contributed by atoms with E-state index in [0.29, 0.717) is 38.5 Å². The quantitative estimate of drug-likeness (QED) is 0.631. The number of fused-ring (bicyclic) bond motifs is 1. The fraction of sp³-hybridized carbons (Fsp3) is 0.348. The summed E-state index contributed by atoms with van der Waals surface area (Å²) in [5.41, 5.74) is 2.22. The Hall–Kier alpha value is -3.42. The third-order valence-corrected chi connectivity index (χ3v) is 5.63. The van der Waals surface area contributed by atoms with Crippen LogP contribution in [0.15, 0.2) is 53.3 Å². The first-order chi connectivity index (χ1) is 14.9. The van der Waals surface area contributed by atoms with Gasteiger partial charge in [0.1, 0.15) is 5.82 Å². The van der Waals surface area contributed by atoms with Crippen molar-refractivity contribution in [3.05, 3.63) is 64.7 Å². The molecule has 7 nitrogen and oxygen atoms in total. The largest absolute Gasteiger partial charge is 0.368 e. The topological polar surface area (TPSA) is 61.7 Å². The lowest BCUT2D eigenvalue weighted by Gasteiger charge is -2.36. The standard InChI is InChI=1S/C23H26FN5O2/c1-26(2)22-23(31)29(20-6-4-3-5-19(20)25-22)12-11-21(30)28-15-13-27(14-16-28)18-9-7-17(24)8-10-18/h3-10H,11-16H2,1-2H3. The summed E-state index contributed by atoms with van der Waals surface area (Å²) in [5, 5.41) is 0. The Morgan fingerprint density at radius 2 is 1.71 bits per heavy atom. The summed E-state index contributed by atoms with van der Waals surface area (Å²) in [7, 11) is 3.57. The molecule has 1 saturated heterocycles. The Morgan fingerprint density at radius 3 is 2.39 bits per heavy atom. The van der Waals surface area contributed by atoms with Crippen LogP contribution in [0.4, 0.5) is 15.9 Å². The second-order valence-corrected chi connectivity index (χ2v) is 7.87. The molecule has 1 fully saturated rings. The van der Waals surface area contributed by atoms with Crippen molar-refractivity contribution in [3.8, 4) is 0 Å². The lowest BCUT2D eigenvalue weighted by atomic mass is 10.2. The summed E-state index contributed by atoms with van der Waals surface area (Å²) in [4.78, 5) is 35.9. The van der Waals surface area contributed by atoms with Crippen LogP contribution in [0.3, 0.4) is 0 Å². The Labute approximate surface area is 180 Å². The number of piperazine rings is 1. The molecule has 3 aromatic rings. The zero-order valence-corrected chi connectivity index (χ0v) is 17.8. The first kappa shape index (κ1) is 20.8. The highest BCUT2D eigenvalue weighted by molar-refractivity contribution is 5.78. The molecular weight excluding hydrogens is 397 g/mol. The molecule has 0 unspecified atom stereocenters. The van der Waals surface area contributed by atoms with Crippen LogP contribution in [0.25, 0.3) is 11.0 Å². The fourth-order valence-corrected chi connectivity index (χ4v) is 3.92. The molecule has 0 aliphatic carbocycles. The summed E-state index contributed by atoms with van der Waals surface area (Å²) in [6.45, 7) is 2.90. The molecule has 1 aliphatic rings. The second-order valence-electron chi connectivity index (χ2n) is 7.87. The minimum Gasteiger partial charge on any atom is -0.368 e. The summed E-state index contributed by atoms with van der Waals surface area (Å²) in [5.74, 6) is 0.130. The van der Waals surface area contributed by atoms with Crippen LogP contribution in [0.5, 0.6) is 0 Å². The number of benzene rings is 2.